The molecule has 0 aromatic rings. The van der Waals surface area contributed by atoms with Crippen molar-refractivity contribution >= 4 is 11.6 Å². The van der Waals surface area contributed by atoms with Crippen molar-refractivity contribution in [3.63, 3.8) is 0 Å². The Bertz CT molecular complexity index is 121. The first kappa shape index (κ1) is 15.3. The monoisotopic (exact) mass is 232 g/mol. The number of rotatable bonds is 10. The maximum absolute atomic E-state index is 6.13. The van der Waals surface area contributed by atoms with Crippen molar-refractivity contribution in [2.75, 3.05) is 0 Å². The van der Waals surface area contributed by atoms with Crippen LogP contribution in [0.1, 0.15) is 78.6 Å². The highest BCUT2D eigenvalue weighted by atomic mass is 35.5. The van der Waals surface area contributed by atoms with Crippen LogP contribution in [0, 0.1) is 5.92 Å². The Morgan fingerprint density at radius 3 is 1.87 bits per heavy atom. The fraction of sp³-hybridized carbons (Fsp3) is 1.00. The van der Waals surface area contributed by atoms with E-state index in [-0.39, 0.29) is 0 Å². The van der Waals surface area contributed by atoms with Gasteiger partial charge in [0.05, 0.1) is 0 Å². The van der Waals surface area contributed by atoms with Crippen molar-refractivity contribution in [2.45, 2.75) is 83.9 Å². The molecule has 0 radical (unpaired) electrons. The highest BCUT2D eigenvalue weighted by Gasteiger charge is 2.11. The van der Waals surface area contributed by atoms with Gasteiger partial charge in [0.15, 0.2) is 0 Å². The fourth-order valence-electron chi connectivity index (χ4n) is 2.12. The van der Waals surface area contributed by atoms with Crippen LogP contribution in [-0.4, -0.2) is 5.38 Å². The molecular formula is C14H29Cl. The predicted octanol–water partition coefficient (Wildman–Crippen LogP) is 5.78. The summed E-state index contributed by atoms with van der Waals surface area (Å²) in [5, 5.41) is 0.357. The molecule has 0 fully saturated rings. The van der Waals surface area contributed by atoms with Crippen molar-refractivity contribution < 1.29 is 0 Å². The maximum Gasteiger partial charge on any atom is 0.0335 e. The van der Waals surface area contributed by atoms with Crippen LogP contribution in [0.4, 0.5) is 0 Å². The van der Waals surface area contributed by atoms with Gasteiger partial charge in [-0.2, -0.15) is 0 Å². The SMILES string of the molecule is CCCCCCCCCC(CC)C(C)Cl. The summed E-state index contributed by atoms with van der Waals surface area (Å²) in [6.07, 6.45) is 12.4. The highest BCUT2D eigenvalue weighted by Crippen LogP contribution is 2.21. The molecule has 0 bridgehead atoms. The minimum absolute atomic E-state index is 0.357. The van der Waals surface area contributed by atoms with E-state index < -0.39 is 0 Å². The fourth-order valence-corrected chi connectivity index (χ4v) is 2.43. The van der Waals surface area contributed by atoms with Crippen LogP contribution in [0.2, 0.25) is 0 Å². The zero-order valence-corrected chi connectivity index (χ0v) is 11.7. The molecule has 2 unspecified atom stereocenters. The van der Waals surface area contributed by atoms with Gasteiger partial charge >= 0.3 is 0 Å². The van der Waals surface area contributed by atoms with E-state index in [1.807, 2.05) is 0 Å². The second-order valence-electron chi connectivity index (χ2n) is 4.76. The van der Waals surface area contributed by atoms with Crippen molar-refractivity contribution in [3.05, 3.63) is 0 Å². The summed E-state index contributed by atoms with van der Waals surface area (Å²) >= 11 is 6.13. The van der Waals surface area contributed by atoms with E-state index >= 15 is 0 Å². The quantitative estimate of drug-likeness (QED) is 0.331. The van der Waals surface area contributed by atoms with E-state index in [1.54, 1.807) is 0 Å². The van der Waals surface area contributed by atoms with Gasteiger partial charge in [-0.3, -0.25) is 0 Å². The van der Waals surface area contributed by atoms with Crippen molar-refractivity contribution in [1.29, 1.82) is 0 Å². The van der Waals surface area contributed by atoms with Gasteiger partial charge in [0.2, 0.25) is 0 Å². The molecule has 0 spiro atoms. The van der Waals surface area contributed by atoms with Gasteiger partial charge in [-0.05, 0) is 19.3 Å². The van der Waals surface area contributed by atoms with Gasteiger partial charge < -0.3 is 0 Å². The van der Waals surface area contributed by atoms with Crippen LogP contribution in [0.5, 0.6) is 0 Å². The maximum atomic E-state index is 6.13. The summed E-state index contributed by atoms with van der Waals surface area (Å²) < 4.78 is 0. The van der Waals surface area contributed by atoms with Gasteiger partial charge in [0, 0.05) is 5.38 Å². The third-order valence-electron chi connectivity index (χ3n) is 3.35. The zero-order chi connectivity index (χ0) is 11.5. The largest absolute Gasteiger partial charge is 0.123 e. The van der Waals surface area contributed by atoms with E-state index in [9.17, 15) is 0 Å². The van der Waals surface area contributed by atoms with E-state index in [0.717, 1.165) is 5.92 Å². The standard InChI is InChI=1S/C14H29Cl/c1-4-6-7-8-9-10-11-12-14(5-2)13(3)15/h13-14H,4-12H2,1-3H3. The third-order valence-corrected chi connectivity index (χ3v) is 3.71. The molecule has 2 atom stereocenters. The molecule has 0 saturated heterocycles. The molecule has 0 N–H and O–H groups in total. The molecule has 0 amide bonds. The molecular weight excluding hydrogens is 204 g/mol. The van der Waals surface area contributed by atoms with Gasteiger partial charge in [0.1, 0.15) is 0 Å². The first-order valence-corrected chi connectivity index (χ1v) is 7.30. The smallest absolute Gasteiger partial charge is 0.0335 e. The number of alkyl halides is 1. The van der Waals surface area contributed by atoms with Crippen molar-refractivity contribution in [1.82, 2.24) is 0 Å². The normalized spacial score (nSPS) is 15.2. The predicted molar refractivity (Wildman–Crippen MR) is 71.7 cm³/mol. The first-order valence-electron chi connectivity index (χ1n) is 6.86. The molecule has 0 aliphatic rings. The van der Waals surface area contributed by atoms with Crippen LogP contribution in [0.3, 0.4) is 0 Å². The van der Waals surface area contributed by atoms with Crippen LogP contribution < -0.4 is 0 Å². The summed E-state index contributed by atoms with van der Waals surface area (Å²) in [5.74, 6) is 0.738. The van der Waals surface area contributed by atoms with E-state index in [4.69, 9.17) is 11.6 Å². The van der Waals surface area contributed by atoms with Crippen LogP contribution >= 0.6 is 11.6 Å². The second kappa shape index (κ2) is 10.8. The lowest BCUT2D eigenvalue weighted by Gasteiger charge is -2.16. The second-order valence-corrected chi connectivity index (χ2v) is 5.44. The average Bonchev–Trinajstić information content (AvgIpc) is 2.21. The molecule has 1 heteroatoms. The Morgan fingerprint density at radius 1 is 0.867 bits per heavy atom. The van der Waals surface area contributed by atoms with E-state index in [0.29, 0.717) is 5.38 Å². The Balaban J connectivity index is 3.22. The van der Waals surface area contributed by atoms with Crippen molar-refractivity contribution in [3.8, 4) is 0 Å². The average molecular weight is 233 g/mol. The van der Waals surface area contributed by atoms with Crippen molar-refractivity contribution in [2.24, 2.45) is 5.92 Å². The Kier molecular flexibility index (Phi) is 11.0. The van der Waals surface area contributed by atoms with Crippen LogP contribution in [-0.2, 0) is 0 Å². The lowest BCUT2D eigenvalue weighted by molar-refractivity contribution is 0.431. The zero-order valence-electron chi connectivity index (χ0n) is 10.9. The van der Waals surface area contributed by atoms with Crippen LogP contribution in [0.25, 0.3) is 0 Å². The minimum atomic E-state index is 0.357. The van der Waals surface area contributed by atoms with E-state index in [1.165, 1.54) is 57.8 Å². The molecule has 0 nitrogen and oxygen atoms in total. The molecule has 0 aromatic heterocycles. The Morgan fingerprint density at radius 2 is 1.40 bits per heavy atom. The summed E-state index contributed by atoms with van der Waals surface area (Å²) in [7, 11) is 0. The van der Waals surface area contributed by atoms with Gasteiger partial charge in [-0.1, -0.05) is 65.2 Å². The molecule has 0 aromatic carbocycles. The van der Waals surface area contributed by atoms with Crippen LogP contribution in [0.15, 0.2) is 0 Å². The van der Waals surface area contributed by atoms with Gasteiger partial charge in [0.25, 0.3) is 0 Å². The summed E-state index contributed by atoms with van der Waals surface area (Å²) in [4.78, 5) is 0. The summed E-state index contributed by atoms with van der Waals surface area (Å²) in [6.45, 7) is 6.66. The number of hydrogen-bond acceptors (Lipinski definition) is 0. The van der Waals surface area contributed by atoms with E-state index in [2.05, 4.69) is 20.8 Å². The molecule has 15 heavy (non-hydrogen) atoms. The highest BCUT2D eigenvalue weighted by molar-refractivity contribution is 6.20. The molecule has 0 rings (SSSR count). The van der Waals surface area contributed by atoms with Gasteiger partial charge in [-0.25, -0.2) is 0 Å². The minimum Gasteiger partial charge on any atom is -0.123 e. The molecule has 0 saturated carbocycles. The Labute approximate surface area is 102 Å². The number of unbranched alkanes of at least 4 members (excludes halogenated alkanes) is 6. The summed E-state index contributed by atoms with van der Waals surface area (Å²) in [6, 6.07) is 0. The topological polar surface area (TPSA) is 0 Å². The summed E-state index contributed by atoms with van der Waals surface area (Å²) in [5.41, 5.74) is 0. The molecule has 0 aliphatic carbocycles. The lowest BCUT2D eigenvalue weighted by Crippen LogP contribution is -2.09. The lowest BCUT2D eigenvalue weighted by atomic mass is 9.95. The molecule has 0 aliphatic heterocycles. The van der Waals surface area contributed by atoms with Gasteiger partial charge in [-0.15, -0.1) is 11.6 Å². The number of hydrogen-bond donors (Lipinski definition) is 0. The molecule has 92 valence electrons. The molecule has 0 heterocycles. The third kappa shape index (κ3) is 9.23. The number of halogens is 1. The first-order chi connectivity index (χ1) is 7.22. The Hall–Kier alpha value is 0.290.